The van der Waals surface area contributed by atoms with E-state index in [2.05, 4.69) is 10.3 Å². The molecule has 2 N–H and O–H groups in total. The van der Waals surface area contributed by atoms with Gasteiger partial charge in [0, 0.05) is 6.20 Å². The molecule has 2 atom stereocenters. The van der Waals surface area contributed by atoms with Crippen molar-refractivity contribution < 1.29 is 27.9 Å². The second kappa shape index (κ2) is 8.19. The number of rotatable bonds is 7. The third-order valence-corrected chi connectivity index (χ3v) is 4.15. The summed E-state index contributed by atoms with van der Waals surface area (Å²) < 4.78 is 37.2. The Morgan fingerprint density at radius 1 is 1.39 bits per heavy atom. The van der Waals surface area contributed by atoms with E-state index in [4.69, 9.17) is 5.11 Å². The summed E-state index contributed by atoms with van der Waals surface area (Å²) in [5, 5.41) is 11.7. The topological polar surface area (TPSA) is 79.3 Å². The van der Waals surface area contributed by atoms with Crippen molar-refractivity contribution >= 4 is 23.6 Å². The Morgan fingerprint density at radius 3 is 2.48 bits per heavy atom. The number of hydrogen-bond acceptors (Lipinski definition) is 4. The molecule has 0 aliphatic heterocycles. The van der Waals surface area contributed by atoms with Crippen LogP contribution < -0.4 is 5.32 Å². The van der Waals surface area contributed by atoms with Crippen molar-refractivity contribution in [1.29, 1.82) is 0 Å². The number of carbonyl (C=O) groups is 2. The number of halogens is 3. The van der Waals surface area contributed by atoms with Crippen molar-refractivity contribution in [2.75, 3.05) is 5.75 Å². The number of hydrogen-bond donors (Lipinski definition) is 2. The Hall–Kier alpha value is -1.77. The highest BCUT2D eigenvalue weighted by molar-refractivity contribution is 7.99. The highest BCUT2D eigenvalue weighted by Gasteiger charge is 2.30. The molecule has 1 amide bonds. The number of thioether (sulfide) groups is 1. The van der Waals surface area contributed by atoms with E-state index >= 15 is 0 Å². The average molecular weight is 350 g/mol. The first-order valence-corrected chi connectivity index (χ1v) is 7.82. The van der Waals surface area contributed by atoms with Crippen LogP contribution in [0.4, 0.5) is 13.2 Å². The van der Waals surface area contributed by atoms with Gasteiger partial charge in [0.05, 0.1) is 16.3 Å². The zero-order valence-electron chi connectivity index (χ0n) is 12.6. The number of aromatic nitrogens is 1. The molecule has 0 aliphatic carbocycles. The summed E-state index contributed by atoms with van der Waals surface area (Å²) in [5.74, 6) is -1.99. The Morgan fingerprint density at radius 2 is 2.04 bits per heavy atom. The van der Waals surface area contributed by atoms with E-state index in [1.807, 2.05) is 6.92 Å². The van der Waals surface area contributed by atoms with Crippen LogP contribution in [-0.2, 0) is 15.8 Å². The van der Waals surface area contributed by atoms with Gasteiger partial charge in [-0.1, -0.05) is 32.0 Å². The lowest BCUT2D eigenvalue weighted by Crippen LogP contribution is -2.45. The largest absolute Gasteiger partial charge is 0.480 e. The van der Waals surface area contributed by atoms with Crippen LogP contribution in [0.5, 0.6) is 0 Å². The molecule has 1 rings (SSSR count). The maximum atomic E-state index is 12.4. The van der Waals surface area contributed by atoms with Gasteiger partial charge in [0.15, 0.2) is 0 Å². The van der Waals surface area contributed by atoms with E-state index in [1.54, 1.807) is 6.92 Å². The quantitative estimate of drug-likeness (QED) is 0.739. The fourth-order valence-electron chi connectivity index (χ4n) is 1.67. The Bertz CT molecular complexity index is 549. The third-order valence-electron chi connectivity index (χ3n) is 3.21. The van der Waals surface area contributed by atoms with E-state index < -0.39 is 29.7 Å². The number of nitrogens with one attached hydrogen (secondary N) is 1. The first-order valence-electron chi connectivity index (χ1n) is 6.83. The summed E-state index contributed by atoms with van der Waals surface area (Å²) in [4.78, 5) is 26.5. The maximum Gasteiger partial charge on any atom is 0.417 e. The fraction of sp³-hybridized carbons (Fsp3) is 0.500. The number of carbonyl (C=O) groups excluding carboxylic acids is 1. The molecule has 23 heavy (non-hydrogen) atoms. The zero-order chi connectivity index (χ0) is 17.6. The van der Waals surface area contributed by atoms with Crippen LogP contribution in [0, 0.1) is 5.92 Å². The molecule has 128 valence electrons. The van der Waals surface area contributed by atoms with Gasteiger partial charge in [-0.2, -0.15) is 13.2 Å². The molecule has 0 saturated heterocycles. The molecular weight excluding hydrogens is 333 g/mol. The molecule has 0 unspecified atom stereocenters. The summed E-state index contributed by atoms with van der Waals surface area (Å²) in [7, 11) is 0. The van der Waals surface area contributed by atoms with Crippen molar-refractivity contribution in [1.82, 2.24) is 10.3 Å². The lowest BCUT2D eigenvalue weighted by molar-refractivity contribution is -0.143. The SMILES string of the molecule is CC[C@H](C)[C@H](NC(=O)CSc1ccc(C(F)(F)F)cn1)C(=O)O. The summed E-state index contributed by atoms with van der Waals surface area (Å²) in [6.07, 6.45) is -3.18. The van der Waals surface area contributed by atoms with Crippen LogP contribution in [0.15, 0.2) is 23.4 Å². The highest BCUT2D eigenvalue weighted by Crippen LogP contribution is 2.29. The van der Waals surface area contributed by atoms with Gasteiger partial charge in [-0.05, 0) is 18.1 Å². The smallest absolute Gasteiger partial charge is 0.417 e. The first kappa shape index (κ1) is 19.3. The molecule has 0 radical (unpaired) electrons. The molecule has 0 saturated carbocycles. The van der Waals surface area contributed by atoms with Crippen LogP contribution in [0.2, 0.25) is 0 Å². The minimum absolute atomic E-state index is 0.126. The molecule has 5 nitrogen and oxygen atoms in total. The number of pyridine rings is 1. The lowest BCUT2D eigenvalue weighted by Gasteiger charge is -2.19. The maximum absolute atomic E-state index is 12.4. The van der Waals surface area contributed by atoms with Crippen molar-refractivity contribution in [3.05, 3.63) is 23.9 Å². The van der Waals surface area contributed by atoms with Gasteiger partial charge in [-0.25, -0.2) is 9.78 Å². The molecular formula is C14H17F3N2O3S. The lowest BCUT2D eigenvalue weighted by atomic mass is 9.99. The predicted molar refractivity (Wildman–Crippen MR) is 79.0 cm³/mol. The summed E-state index contributed by atoms with van der Waals surface area (Å²) in [6.45, 7) is 3.53. The van der Waals surface area contributed by atoms with Crippen molar-refractivity contribution in [2.24, 2.45) is 5.92 Å². The predicted octanol–water partition coefficient (Wildman–Crippen LogP) is 2.81. The van der Waals surface area contributed by atoms with E-state index in [0.29, 0.717) is 12.6 Å². The molecule has 0 spiro atoms. The molecule has 1 heterocycles. The fourth-order valence-corrected chi connectivity index (χ4v) is 2.32. The minimum atomic E-state index is -4.46. The molecule has 0 aliphatic rings. The Kier molecular flexibility index (Phi) is 6.86. The second-order valence-corrected chi connectivity index (χ2v) is 5.94. The van der Waals surface area contributed by atoms with E-state index in [0.717, 1.165) is 17.8 Å². The Labute approximate surface area is 135 Å². The van der Waals surface area contributed by atoms with Gasteiger partial charge in [0.2, 0.25) is 5.91 Å². The van der Waals surface area contributed by atoms with Crippen LogP contribution in [-0.4, -0.2) is 33.8 Å². The van der Waals surface area contributed by atoms with Crippen LogP contribution in [0.1, 0.15) is 25.8 Å². The van der Waals surface area contributed by atoms with Gasteiger partial charge in [0.1, 0.15) is 6.04 Å². The minimum Gasteiger partial charge on any atom is -0.480 e. The van der Waals surface area contributed by atoms with Crippen LogP contribution in [0.3, 0.4) is 0 Å². The summed E-state index contributed by atoms with van der Waals surface area (Å²) >= 11 is 0.937. The number of amides is 1. The van der Waals surface area contributed by atoms with E-state index in [-0.39, 0.29) is 16.7 Å². The number of carboxylic acids is 1. The molecule has 0 bridgehead atoms. The second-order valence-electron chi connectivity index (χ2n) is 4.94. The number of alkyl halides is 3. The highest BCUT2D eigenvalue weighted by atomic mass is 32.2. The first-order chi connectivity index (χ1) is 10.6. The van der Waals surface area contributed by atoms with E-state index in [9.17, 15) is 22.8 Å². The standard InChI is InChI=1S/C14H17F3N2O3S/c1-3-8(2)12(13(21)22)19-10(20)7-23-11-5-4-9(6-18-11)14(15,16)17/h4-6,8,12H,3,7H2,1-2H3,(H,19,20)(H,21,22)/t8-,12-/m0/s1. The normalized spacial score (nSPS) is 14.1. The van der Waals surface area contributed by atoms with Gasteiger partial charge in [0.25, 0.3) is 0 Å². The van der Waals surface area contributed by atoms with Gasteiger partial charge in [-0.15, -0.1) is 0 Å². The molecule has 0 fully saturated rings. The van der Waals surface area contributed by atoms with Crippen LogP contribution in [0.25, 0.3) is 0 Å². The molecule has 9 heteroatoms. The average Bonchev–Trinajstić information content (AvgIpc) is 2.49. The number of nitrogens with zero attached hydrogens (tertiary/aromatic N) is 1. The number of carboxylic acid groups (broad SMARTS) is 1. The molecule has 0 aromatic carbocycles. The molecule has 1 aromatic heterocycles. The zero-order valence-corrected chi connectivity index (χ0v) is 13.4. The van der Waals surface area contributed by atoms with Crippen LogP contribution >= 0.6 is 11.8 Å². The summed E-state index contributed by atoms with van der Waals surface area (Å²) in [5.41, 5.74) is -0.867. The van der Waals surface area contributed by atoms with Crippen molar-refractivity contribution in [3.63, 3.8) is 0 Å². The van der Waals surface area contributed by atoms with Gasteiger partial charge in [-0.3, -0.25) is 4.79 Å². The number of aliphatic carboxylic acids is 1. The van der Waals surface area contributed by atoms with Gasteiger partial charge >= 0.3 is 12.1 Å². The Balaban J connectivity index is 2.57. The summed E-state index contributed by atoms with van der Waals surface area (Å²) in [6, 6.07) is 1.06. The molecule has 1 aromatic rings. The monoisotopic (exact) mass is 350 g/mol. The van der Waals surface area contributed by atoms with Crippen molar-refractivity contribution in [2.45, 2.75) is 37.5 Å². The van der Waals surface area contributed by atoms with Gasteiger partial charge < -0.3 is 10.4 Å². The van der Waals surface area contributed by atoms with E-state index in [1.165, 1.54) is 6.07 Å². The van der Waals surface area contributed by atoms with Crippen molar-refractivity contribution in [3.8, 4) is 0 Å². The third kappa shape index (κ3) is 6.09.